The molecule has 1 saturated carbocycles. The number of halogens is 1. The van der Waals surface area contributed by atoms with E-state index in [4.69, 9.17) is 16.3 Å². The fourth-order valence-corrected chi connectivity index (χ4v) is 8.04. The summed E-state index contributed by atoms with van der Waals surface area (Å²) in [6.45, 7) is 4.82. The maximum Gasteiger partial charge on any atom is 0.264 e. The smallest absolute Gasteiger partial charge is 0.264 e. The highest BCUT2D eigenvalue weighted by Gasteiger charge is 2.45. The Hall–Kier alpha value is -5.29. The van der Waals surface area contributed by atoms with Crippen LogP contribution >= 0.6 is 11.6 Å². The summed E-state index contributed by atoms with van der Waals surface area (Å²) in [4.78, 5) is 69.4. The van der Waals surface area contributed by atoms with Crippen LogP contribution in [0.25, 0.3) is 10.9 Å². The van der Waals surface area contributed by atoms with Gasteiger partial charge in [0, 0.05) is 47.9 Å². The van der Waals surface area contributed by atoms with E-state index in [1.54, 1.807) is 36.4 Å². The lowest BCUT2D eigenvalue weighted by molar-refractivity contribution is -0.136. The fraction of sp³-hybridized carbons (Fsp3) is 0.366. The maximum atomic E-state index is 13.4. The van der Waals surface area contributed by atoms with Crippen molar-refractivity contribution < 1.29 is 28.7 Å². The molecule has 0 bridgehead atoms. The highest BCUT2D eigenvalue weighted by atomic mass is 35.5. The van der Waals surface area contributed by atoms with Gasteiger partial charge in [0.25, 0.3) is 11.8 Å². The van der Waals surface area contributed by atoms with Crippen LogP contribution in [0.2, 0.25) is 5.02 Å². The molecule has 274 valence electrons. The second kappa shape index (κ2) is 15.4. The van der Waals surface area contributed by atoms with E-state index in [1.807, 2.05) is 13.1 Å². The van der Waals surface area contributed by atoms with Crippen molar-refractivity contribution >= 4 is 63.4 Å². The van der Waals surface area contributed by atoms with E-state index < -0.39 is 29.7 Å². The van der Waals surface area contributed by atoms with Crippen molar-refractivity contribution in [3.8, 4) is 5.75 Å². The molecule has 1 saturated heterocycles. The minimum atomic E-state index is -1.03. The summed E-state index contributed by atoms with van der Waals surface area (Å²) in [7, 11) is 0. The maximum absolute atomic E-state index is 13.4. The summed E-state index contributed by atoms with van der Waals surface area (Å²) in [6.07, 6.45) is 6.61. The van der Waals surface area contributed by atoms with Gasteiger partial charge in [0.1, 0.15) is 11.8 Å². The van der Waals surface area contributed by atoms with Crippen molar-refractivity contribution in [3.05, 3.63) is 94.1 Å². The van der Waals surface area contributed by atoms with Crippen LogP contribution in [0.1, 0.15) is 89.6 Å². The first kappa shape index (κ1) is 36.1. The van der Waals surface area contributed by atoms with Gasteiger partial charge in [-0.15, -0.1) is 0 Å². The number of carbonyl (C=O) groups is 5. The van der Waals surface area contributed by atoms with Crippen LogP contribution in [-0.2, 0) is 14.4 Å². The number of pyridine rings is 1. The number of piperidine rings is 1. The molecule has 4 aromatic rings. The summed E-state index contributed by atoms with van der Waals surface area (Å²) in [5.74, 6) is -1.20. The standard InChI is InChI=1S/C41H42ClN5O6/c1-23-7-14-32-30(21-23)28(17-19-44-32)26-10-8-25(9-11-26)24(2)38(49)45-27-12-13-31(42)35(22-27)53-20-4-18-43-33-6-3-5-29-37(33)41(52)47(40(29)51)34-15-16-36(48)46-39(34)50/h3,5-7,12-14,17,19,21-22,24-26,34,43H,4,8-11,15-16,18,20H2,1-2H3,(H,45,49)(H,46,48,50)/t24-,25-,26+,34?/m1/s1. The summed E-state index contributed by atoms with van der Waals surface area (Å²) >= 11 is 6.45. The second-order valence-corrected chi connectivity index (χ2v) is 14.7. The summed E-state index contributed by atoms with van der Waals surface area (Å²) in [5.41, 5.74) is 5.10. The first-order valence-electron chi connectivity index (χ1n) is 18.3. The van der Waals surface area contributed by atoms with Gasteiger partial charge < -0.3 is 15.4 Å². The number of rotatable bonds is 11. The predicted molar refractivity (Wildman–Crippen MR) is 202 cm³/mol. The number of carbonyl (C=O) groups excluding carboxylic acids is 5. The summed E-state index contributed by atoms with van der Waals surface area (Å²) in [6, 6.07) is 17.7. The monoisotopic (exact) mass is 735 g/mol. The number of aromatic nitrogens is 1. The number of hydrogen-bond donors (Lipinski definition) is 3. The van der Waals surface area contributed by atoms with Crippen molar-refractivity contribution in [2.45, 2.75) is 70.8 Å². The first-order chi connectivity index (χ1) is 25.6. The number of amides is 5. The zero-order valence-corrected chi connectivity index (χ0v) is 30.5. The third-order valence-corrected chi connectivity index (χ3v) is 11.1. The Kier molecular flexibility index (Phi) is 10.5. The molecule has 3 aliphatic rings. The van der Waals surface area contributed by atoms with Gasteiger partial charge in [0.15, 0.2) is 0 Å². The molecular formula is C41H42ClN5O6. The number of ether oxygens (including phenoxy) is 1. The van der Waals surface area contributed by atoms with Gasteiger partial charge in [0.2, 0.25) is 17.7 Å². The van der Waals surface area contributed by atoms with Crippen LogP contribution < -0.4 is 20.7 Å². The van der Waals surface area contributed by atoms with Gasteiger partial charge in [0.05, 0.1) is 28.3 Å². The van der Waals surface area contributed by atoms with E-state index in [0.29, 0.717) is 47.6 Å². The molecule has 1 unspecified atom stereocenters. The highest BCUT2D eigenvalue weighted by Crippen LogP contribution is 2.41. The van der Waals surface area contributed by atoms with E-state index >= 15 is 0 Å². The third kappa shape index (κ3) is 7.48. The largest absolute Gasteiger partial charge is 0.492 e. The number of aryl methyl sites for hydroxylation is 1. The zero-order valence-electron chi connectivity index (χ0n) is 29.7. The van der Waals surface area contributed by atoms with Gasteiger partial charge >= 0.3 is 0 Å². The van der Waals surface area contributed by atoms with Crippen LogP contribution in [0, 0.1) is 18.8 Å². The zero-order chi connectivity index (χ0) is 37.2. The Morgan fingerprint density at radius 3 is 2.60 bits per heavy atom. The Bertz CT molecular complexity index is 2110. The summed E-state index contributed by atoms with van der Waals surface area (Å²) < 4.78 is 5.98. The summed E-state index contributed by atoms with van der Waals surface area (Å²) in [5, 5.41) is 10.1. The van der Waals surface area contributed by atoms with Crippen LogP contribution in [0.4, 0.5) is 11.4 Å². The lowest BCUT2D eigenvalue weighted by atomic mass is 9.73. The predicted octanol–water partition coefficient (Wildman–Crippen LogP) is 7.03. The number of benzene rings is 3. The molecule has 2 atom stereocenters. The molecule has 3 N–H and O–H groups in total. The van der Waals surface area contributed by atoms with Gasteiger partial charge in [-0.05, 0) is 105 Å². The van der Waals surface area contributed by atoms with Crippen molar-refractivity contribution in [1.82, 2.24) is 15.2 Å². The molecular weight excluding hydrogens is 694 g/mol. The Morgan fingerprint density at radius 2 is 1.81 bits per heavy atom. The molecule has 7 rings (SSSR count). The minimum Gasteiger partial charge on any atom is -0.492 e. The quantitative estimate of drug-likeness (QED) is 0.110. The molecule has 0 radical (unpaired) electrons. The molecule has 53 heavy (non-hydrogen) atoms. The first-order valence-corrected chi connectivity index (χ1v) is 18.6. The highest BCUT2D eigenvalue weighted by molar-refractivity contribution is 6.32. The average Bonchev–Trinajstić information content (AvgIpc) is 3.41. The molecule has 5 amide bonds. The number of fused-ring (bicyclic) bond motifs is 2. The topological polar surface area (TPSA) is 147 Å². The Morgan fingerprint density at radius 1 is 1.00 bits per heavy atom. The van der Waals surface area contributed by atoms with E-state index in [1.165, 1.54) is 16.5 Å². The third-order valence-electron chi connectivity index (χ3n) is 10.8. The van der Waals surface area contributed by atoms with Crippen LogP contribution in [0.3, 0.4) is 0 Å². The lowest BCUT2D eigenvalue weighted by Crippen LogP contribution is -2.54. The molecule has 2 aliphatic heterocycles. The van der Waals surface area contributed by atoms with Crippen molar-refractivity contribution in [3.63, 3.8) is 0 Å². The average molecular weight is 736 g/mol. The van der Waals surface area contributed by atoms with Crippen LogP contribution in [0.5, 0.6) is 5.75 Å². The lowest BCUT2D eigenvalue weighted by Gasteiger charge is -2.32. The molecule has 0 spiro atoms. The van der Waals surface area contributed by atoms with Crippen LogP contribution in [-0.4, -0.2) is 58.6 Å². The molecule has 2 fully saturated rings. The normalized spacial score (nSPS) is 20.6. The van der Waals surface area contributed by atoms with E-state index in [9.17, 15) is 24.0 Å². The molecule has 1 aromatic heterocycles. The number of nitrogens with one attached hydrogen (secondary N) is 3. The molecule has 1 aliphatic carbocycles. The number of hydrogen-bond acceptors (Lipinski definition) is 8. The van der Waals surface area contributed by atoms with Crippen molar-refractivity contribution in [1.29, 1.82) is 0 Å². The molecule has 3 heterocycles. The van der Waals surface area contributed by atoms with E-state index in [-0.39, 0.29) is 41.7 Å². The van der Waals surface area contributed by atoms with E-state index in [2.05, 4.69) is 52.1 Å². The fourth-order valence-electron chi connectivity index (χ4n) is 7.87. The van der Waals surface area contributed by atoms with Gasteiger partial charge in [-0.3, -0.25) is 39.2 Å². The SMILES string of the molecule is Cc1ccc2nccc([C@H]3CC[C@@H]([C@@H](C)C(=O)Nc4ccc(Cl)c(OCCCNc5cccc6c5C(=O)N(C5CCC(=O)NC5=O)C6=O)c4)CC3)c2c1. The van der Waals surface area contributed by atoms with Crippen LogP contribution in [0.15, 0.2) is 66.9 Å². The minimum absolute atomic E-state index is 0.0319. The van der Waals surface area contributed by atoms with Gasteiger partial charge in [-0.25, -0.2) is 0 Å². The van der Waals surface area contributed by atoms with Gasteiger partial charge in [-0.1, -0.05) is 36.2 Å². The molecule has 11 nitrogen and oxygen atoms in total. The second-order valence-electron chi connectivity index (χ2n) is 14.3. The van der Waals surface area contributed by atoms with Crippen molar-refractivity contribution in [2.75, 3.05) is 23.8 Å². The Labute approximate surface area is 312 Å². The Balaban J connectivity index is 0.895. The number of nitrogens with zero attached hydrogens (tertiary/aromatic N) is 2. The number of imide groups is 2. The molecule has 12 heteroatoms. The van der Waals surface area contributed by atoms with E-state index in [0.717, 1.165) is 36.1 Å². The van der Waals surface area contributed by atoms with Gasteiger partial charge in [-0.2, -0.15) is 0 Å². The number of anilines is 2. The van der Waals surface area contributed by atoms with Crippen molar-refractivity contribution in [2.24, 2.45) is 11.8 Å². The molecule has 3 aromatic carbocycles.